The Morgan fingerprint density at radius 3 is 1.42 bits per heavy atom. The van der Waals surface area contributed by atoms with E-state index in [9.17, 15) is 52.7 Å². The molecule has 1 N–H and O–H groups in total. The summed E-state index contributed by atoms with van der Waals surface area (Å²) in [6.45, 7) is 3.25. The summed E-state index contributed by atoms with van der Waals surface area (Å²) in [4.78, 5) is 0. The van der Waals surface area contributed by atoms with Crippen LogP contribution in [0.4, 0.5) is 52.7 Å². The van der Waals surface area contributed by atoms with Crippen molar-refractivity contribution in [2.45, 2.75) is 67.8 Å². The highest BCUT2D eigenvalue weighted by Crippen LogP contribution is 2.60. The summed E-state index contributed by atoms with van der Waals surface area (Å²) in [5.74, 6) is -35.8. The lowest BCUT2D eigenvalue weighted by Crippen LogP contribution is -2.70. The molecule has 0 aromatic heterocycles. The number of allylic oxidation sites excluding steroid dienone is 1. The van der Waals surface area contributed by atoms with E-state index in [2.05, 4.69) is 6.58 Å². The zero-order chi connectivity index (χ0) is 21.2. The van der Waals surface area contributed by atoms with Crippen LogP contribution in [0.25, 0.3) is 0 Å². The smallest absolute Gasteiger partial charge is 0.331 e. The summed E-state index contributed by atoms with van der Waals surface area (Å²) in [6.07, 6.45) is -8.39. The lowest BCUT2D eigenvalue weighted by atomic mass is 9.91. The van der Waals surface area contributed by atoms with E-state index in [1.807, 2.05) is 0 Å². The van der Waals surface area contributed by atoms with Crippen LogP contribution >= 0.6 is 0 Å². The van der Waals surface area contributed by atoms with E-state index < -0.39 is 48.6 Å². The minimum atomic E-state index is -7.70. The van der Waals surface area contributed by atoms with Crippen molar-refractivity contribution in [1.29, 1.82) is 0 Å². The molecule has 0 aliphatic rings. The maximum atomic E-state index is 13.3. The topological polar surface area (TPSA) is 20.2 Å². The van der Waals surface area contributed by atoms with Crippen molar-refractivity contribution in [2.75, 3.05) is 0 Å². The number of aliphatic hydroxyl groups is 1. The van der Waals surface area contributed by atoms with Gasteiger partial charge in [0.05, 0.1) is 0 Å². The molecule has 0 saturated heterocycles. The van der Waals surface area contributed by atoms with Gasteiger partial charge in [0.25, 0.3) is 0 Å². The molecule has 0 unspecified atom stereocenters. The molecule has 0 radical (unpaired) electrons. The lowest BCUT2D eigenvalue weighted by Gasteiger charge is -2.40. The fraction of sp³-hybridized carbons (Fsp3) is 0.846. The van der Waals surface area contributed by atoms with Gasteiger partial charge in [-0.15, -0.1) is 6.58 Å². The summed E-state index contributed by atoms with van der Waals surface area (Å²) < 4.78 is 155. The van der Waals surface area contributed by atoms with Gasteiger partial charge >= 0.3 is 35.7 Å². The third kappa shape index (κ3) is 4.06. The van der Waals surface area contributed by atoms with Gasteiger partial charge in [0.1, 0.15) is 0 Å². The summed E-state index contributed by atoms with van der Waals surface area (Å²) in [5, 5.41) is 7.60. The second kappa shape index (κ2) is 7.47. The molecule has 0 aromatic rings. The van der Waals surface area contributed by atoms with E-state index in [0.717, 1.165) is 0 Å². The standard InChI is InChI=1S/C13H14F12O/c1-2-3-4-5-6-7-8(14,15)9(16,17)10(18,19)11(20,21)12(22,23)13(24,25)26/h2,26H,1,3-7H2. The largest absolute Gasteiger partial charge is 0.423 e. The molecule has 0 aliphatic carbocycles. The van der Waals surface area contributed by atoms with Crippen LogP contribution in [-0.2, 0) is 0 Å². The van der Waals surface area contributed by atoms with Crippen LogP contribution in [-0.4, -0.2) is 40.8 Å². The monoisotopic (exact) mass is 414 g/mol. The summed E-state index contributed by atoms with van der Waals surface area (Å²) in [5.41, 5.74) is 0. The predicted octanol–water partition coefficient (Wildman–Crippen LogP) is 5.88. The SMILES string of the molecule is C=CCCCCCC(F)(F)C(F)(F)C(F)(F)C(F)(F)C(F)(F)C(O)(F)F. The number of rotatable bonds is 11. The van der Waals surface area contributed by atoms with Gasteiger partial charge in [0, 0.05) is 6.42 Å². The second-order valence-electron chi connectivity index (χ2n) is 5.43. The molecular weight excluding hydrogens is 400 g/mol. The molecule has 0 spiro atoms. The first-order chi connectivity index (χ1) is 11.3. The molecular formula is C13H14F12O. The lowest BCUT2D eigenvalue weighted by molar-refractivity contribution is -0.451. The minimum absolute atomic E-state index is 0.118. The van der Waals surface area contributed by atoms with Gasteiger partial charge < -0.3 is 5.11 Å². The molecule has 0 aromatic carbocycles. The molecule has 0 heterocycles. The fourth-order valence-electron chi connectivity index (χ4n) is 1.78. The van der Waals surface area contributed by atoms with Gasteiger partial charge in [-0.2, -0.15) is 52.7 Å². The van der Waals surface area contributed by atoms with Gasteiger partial charge in [-0.1, -0.05) is 12.5 Å². The van der Waals surface area contributed by atoms with Crippen LogP contribution in [0.3, 0.4) is 0 Å². The highest BCUT2D eigenvalue weighted by atomic mass is 19.4. The van der Waals surface area contributed by atoms with Gasteiger partial charge in [0.15, 0.2) is 0 Å². The summed E-state index contributed by atoms with van der Waals surface area (Å²) >= 11 is 0. The Morgan fingerprint density at radius 1 is 0.615 bits per heavy atom. The minimum Gasteiger partial charge on any atom is -0.331 e. The van der Waals surface area contributed by atoms with E-state index >= 15 is 0 Å². The molecule has 0 saturated carbocycles. The Balaban J connectivity index is 5.67. The van der Waals surface area contributed by atoms with E-state index in [-0.39, 0.29) is 19.3 Å². The third-order valence-electron chi connectivity index (χ3n) is 3.42. The summed E-state index contributed by atoms with van der Waals surface area (Å²) in [6, 6.07) is 0. The normalized spacial score (nSPS) is 15.3. The first-order valence-electron chi connectivity index (χ1n) is 6.91. The van der Waals surface area contributed by atoms with Crippen molar-refractivity contribution in [2.24, 2.45) is 0 Å². The van der Waals surface area contributed by atoms with Crippen LogP contribution in [0.2, 0.25) is 0 Å². The first-order valence-corrected chi connectivity index (χ1v) is 6.91. The maximum Gasteiger partial charge on any atom is 0.423 e. The molecule has 0 rings (SSSR count). The maximum absolute atomic E-state index is 13.3. The molecule has 0 bridgehead atoms. The zero-order valence-corrected chi connectivity index (χ0v) is 12.8. The number of hydrogen-bond donors (Lipinski definition) is 1. The highest BCUT2D eigenvalue weighted by molar-refractivity contribution is 5.10. The fourth-order valence-corrected chi connectivity index (χ4v) is 1.78. The third-order valence-corrected chi connectivity index (χ3v) is 3.42. The van der Waals surface area contributed by atoms with Gasteiger partial charge in [-0.25, -0.2) is 0 Å². The van der Waals surface area contributed by atoms with Crippen LogP contribution < -0.4 is 0 Å². The van der Waals surface area contributed by atoms with Gasteiger partial charge in [0.2, 0.25) is 0 Å². The highest BCUT2D eigenvalue weighted by Gasteiger charge is 2.90. The van der Waals surface area contributed by atoms with Crippen LogP contribution in [0, 0.1) is 0 Å². The average molecular weight is 414 g/mol. The first kappa shape index (κ1) is 24.9. The Hall–Kier alpha value is -1.14. The average Bonchev–Trinajstić information content (AvgIpc) is 2.44. The van der Waals surface area contributed by atoms with Gasteiger partial charge in [-0.3, -0.25) is 0 Å². The molecule has 0 atom stereocenters. The second-order valence-corrected chi connectivity index (χ2v) is 5.43. The van der Waals surface area contributed by atoms with E-state index in [0.29, 0.717) is 0 Å². The van der Waals surface area contributed by atoms with Gasteiger partial charge in [-0.05, 0) is 19.3 Å². The molecule has 26 heavy (non-hydrogen) atoms. The number of halogens is 12. The van der Waals surface area contributed by atoms with Crippen molar-refractivity contribution in [3.8, 4) is 0 Å². The Kier molecular flexibility index (Phi) is 7.14. The van der Waals surface area contributed by atoms with Crippen molar-refractivity contribution >= 4 is 0 Å². The molecule has 0 amide bonds. The van der Waals surface area contributed by atoms with E-state index in [4.69, 9.17) is 5.11 Å². The molecule has 13 heteroatoms. The number of alkyl halides is 12. The van der Waals surface area contributed by atoms with E-state index in [1.165, 1.54) is 6.08 Å². The van der Waals surface area contributed by atoms with E-state index in [1.54, 1.807) is 0 Å². The van der Waals surface area contributed by atoms with Crippen LogP contribution in [0.5, 0.6) is 0 Å². The molecule has 1 nitrogen and oxygen atoms in total. The van der Waals surface area contributed by atoms with Crippen LogP contribution in [0.15, 0.2) is 12.7 Å². The zero-order valence-electron chi connectivity index (χ0n) is 12.8. The van der Waals surface area contributed by atoms with Crippen molar-refractivity contribution < 1.29 is 57.8 Å². The Labute approximate surface area is 139 Å². The van der Waals surface area contributed by atoms with Crippen molar-refractivity contribution in [1.82, 2.24) is 0 Å². The number of hydrogen-bond acceptors (Lipinski definition) is 1. The molecule has 0 aliphatic heterocycles. The Morgan fingerprint density at radius 2 is 1.04 bits per heavy atom. The predicted molar refractivity (Wildman–Crippen MR) is 65.2 cm³/mol. The Bertz CT molecular complexity index is 480. The van der Waals surface area contributed by atoms with Crippen molar-refractivity contribution in [3.63, 3.8) is 0 Å². The van der Waals surface area contributed by atoms with Crippen molar-refractivity contribution in [3.05, 3.63) is 12.7 Å². The molecule has 0 fully saturated rings. The summed E-state index contributed by atoms with van der Waals surface area (Å²) in [7, 11) is 0. The number of unbranched alkanes of at least 4 members (excludes halogenated alkanes) is 3. The quantitative estimate of drug-likeness (QED) is 0.254. The van der Waals surface area contributed by atoms with Crippen LogP contribution in [0.1, 0.15) is 32.1 Å². The molecule has 156 valence electrons.